The van der Waals surface area contributed by atoms with E-state index in [2.05, 4.69) is 9.89 Å². The molecule has 18 heavy (non-hydrogen) atoms. The normalized spacial score (nSPS) is 11.8. The maximum absolute atomic E-state index is 12.6. The fraction of sp³-hybridized carbons (Fsp3) is 0.200. The molecule has 2 rings (SSSR count). The Morgan fingerprint density at radius 2 is 2.17 bits per heavy atom. The van der Waals surface area contributed by atoms with Crippen molar-refractivity contribution in [3.63, 3.8) is 0 Å². The Morgan fingerprint density at radius 1 is 1.44 bits per heavy atom. The molecule has 0 aliphatic heterocycles. The number of carbonyl (C=O) groups is 1. The molecule has 0 unspecified atom stereocenters. The molecule has 0 amide bonds. The first kappa shape index (κ1) is 12.5. The van der Waals surface area contributed by atoms with Crippen molar-refractivity contribution >= 4 is 29.4 Å². The molecule has 0 spiro atoms. The zero-order chi connectivity index (χ0) is 13.3. The van der Waals surface area contributed by atoms with Gasteiger partial charge in [-0.1, -0.05) is 17.3 Å². The molecule has 0 radical (unpaired) electrons. The lowest BCUT2D eigenvalue weighted by Crippen LogP contribution is -2.33. The van der Waals surface area contributed by atoms with Crippen molar-refractivity contribution in [1.29, 1.82) is 0 Å². The molecule has 0 saturated carbocycles. The van der Waals surface area contributed by atoms with E-state index in [-0.39, 0.29) is 23.1 Å². The Labute approximate surface area is 99.8 Å². The SMILES string of the molecule is COC(=O)Cc1noc2ccc([B-](F)(F)F)cc12. The Kier molecular flexibility index (Phi) is 3.02. The maximum Gasteiger partial charge on any atom is 0.509 e. The lowest BCUT2D eigenvalue weighted by molar-refractivity contribution is -0.139. The number of halogens is 3. The molecular weight excluding hydrogens is 250 g/mol. The average molecular weight is 258 g/mol. The van der Waals surface area contributed by atoms with Crippen LogP contribution >= 0.6 is 0 Å². The molecule has 0 aliphatic rings. The number of fused-ring (bicyclic) bond motifs is 1. The molecule has 2 aromatic rings. The summed E-state index contributed by atoms with van der Waals surface area (Å²) in [6, 6.07) is 3.05. The van der Waals surface area contributed by atoms with Crippen molar-refractivity contribution in [2.45, 2.75) is 6.42 Å². The number of hydrogen-bond donors (Lipinski definition) is 0. The predicted molar refractivity (Wildman–Crippen MR) is 58.4 cm³/mol. The topological polar surface area (TPSA) is 52.3 Å². The standard InChI is InChI=1S/C10H8BF3NO3/c1-17-10(16)5-8-7-4-6(11(12,13)14)2-3-9(7)18-15-8/h2-4H,5H2,1H3/q-1. The Bertz CT molecular complexity index is 594. The number of ether oxygens (including phenoxy) is 1. The third-order valence-electron chi connectivity index (χ3n) is 2.49. The van der Waals surface area contributed by atoms with Gasteiger partial charge in [0, 0.05) is 5.39 Å². The molecule has 1 aromatic carbocycles. The van der Waals surface area contributed by atoms with E-state index in [4.69, 9.17) is 4.52 Å². The molecule has 96 valence electrons. The Balaban J connectivity index is 2.47. The summed E-state index contributed by atoms with van der Waals surface area (Å²) in [5.74, 6) is -0.590. The van der Waals surface area contributed by atoms with Gasteiger partial charge in [-0.3, -0.25) is 4.79 Å². The summed E-state index contributed by atoms with van der Waals surface area (Å²) in [7, 11) is 1.19. The van der Waals surface area contributed by atoms with Crippen LogP contribution in [0.1, 0.15) is 5.69 Å². The molecule has 0 aliphatic carbocycles. The third kappa shape index (κ3) is 2.32. The highest BCUT2D eigenvalue weighted by Crippen LogP contribution is 2.20. The van der Waals surface area contributed by atoms with Gasteiger partial charge in [-0.05, 0) is 6.07 Å². The van der Waals surface area contributed by atoms with Crippen molar-refractivity contribution in [3.8, 4) is 0 Å². The van der Waals surface area contributed by atoms with Gasteiger partial charge >= 0.3 is 12.9 Å². The van der Waals surface area contributed by atoms with Crippen LogP contribution in [0.3, 0.4) is 0 Å². The molecule has 0 saturated heterocycles. The molecule has 1 heterocycles. The lowest BCUT2D eigenvalue weighted by Gasteiger charge is -2.14. The largest absolute Gasteiger partial charge is 0.509 e. The van der Waals surface area contributed by atoms with Crippen LogP contribution in [0.5, 0.6) is 0 Å². The second-order valence-corrected chi connectivity index (χ2v) is 3.71. The predicted octanol–water partition coefficient (Wildman–Crippen LogP) is 1.60. The van der Waals surface area contributed by atoms with Crippen LogP contribution < -0.4 is 5.46 Å². The molecule has 0 N–H and O–H groups in total. The van der Waals surface area contributed by atoms with Gasteiger partial charge in [0.1, 0.15) is 5.69 Å². The summed E-state index contributed by atoms with van der Waals surface area (Å²) in [5.41, 5.74) is -0.409. The van der Waals surface area contributed by atoms with E-state index < -0.39 is 18.4 Å². The van der Waals surface area contributed by atoms with Crippen molar-refractivity contribution < 1.29 is 27.0 Å². The fourth-order valence-corrected chi connectivity index (χ4v) is 1.55. The monoisotopic (exact) mass is 258 g/mol. The summed E-state index contributed by atoms with van der Waals surface area (Å²) in [4.78, 5) is 11.1. The van der Waals surface area contributed by atoms with E-state index in [0.29, 0.717) is 0 Å². The molecule has 1 aromatic heterocycles. The van der Waals surface area contributed by atoms with Gasteiger partial charge in [-0.15, -0.1) is 5.46 Å². The smallest absolute Gasteiger partial charge is 0.469 e. The van der Waals surface area contributed by atoms with Crippen LogP contribution in [0.15, 0.2) is 22.7 Å². The zero-order valence-electron chi connectivity index (χ0n) is 9.32. The number of carbonyl (C=O) groups excluding carboxylic acids is 1. The van der Waals surface area contributed by atoms with Gasteiger partial charge in [-0.25, -0.2) is 0 Å². The minimum absolute atomic E-state index is 0.138. The first-order valence-corrected chi connectivity index (χ1v) is 5.07. The average Bonchev–Trinajstić information content (AvgIpc) is 2.70. The number of methoxy groups -OCH3 is 1. The maximum atomic E-state index is 12.6. The van der Waals surface area contributed by atoms with Crippen LogP contribution in [-0.2, 0) is 16.0 Å². The van der Waals surface area contributed by atoms with Gasteiger partial charge in [0.05, 0.1) is 13.5 Å². The van der Waals surface area contributed by atoms with Crippen LogP contribution in [0.4, 0.5) is 12.9 Å². The van der Waals surface area contributed by atoms with Crippen molar-refractivity contribution in [2.75, 3.05) is 7.11 Å². The third-order valence-corrected chi connectivity index (χ3v) is 2.49. The Hall–Kier alpha value is -1.99. The number of esters is 1. The van der Waals surface area contributed by atoms with Crippen molar-refractivity contribution in [2.24, 2.45) is 0 Å². The number of benzene rings is 1. The van der Waals surface area contributed by atoms with E-state index in [1.807, 2.05) is 0 Å². The van der Waals surface area contributed by atoms with E-state index in [0.717, 1.165) is 12.1 Å². The number of aromatic nitrogens is 1. The number of rotatable bonds is 3. The van der Waals surface area contributed by atoms with Crippen molar-refractivity contribution in [3.05, 3.63) is 23.9 Å². The molecule has 0 atom stereocenters. The quantitative estimate of drug-likeness (QED) is 0.619. The summed E-state index contributed by atoms with van der Waals surface area (Å²) in [6.45, 7) is -5.09. The van der Waals surface area contributed by atoms with Crippen LogP contribution in [0.25, 0.3) is 11.0 Å². The summed E-state index contributed by atoms with van der Waals surface area (Å²) >= 11 is 0. The highest BCUT2D eigenvalue weighted by molar-refractivity contribution is 6.73. The number of nitrogens with zero attached hydrogens (tertiary/aromatic N) is 1. The zero-order valence-corrected chi connectivity index (χ0v) is 9.32. The first-order chi connectivity index (χ1) is 8.41. The Morgan fingerprint density at radius 3 is 2.78 bits per heavy atom. The first-order valence-electron chi connectivity index (χ1n) is 5.07. The second-order valence-electron chi connectivity index (χ2n) is 3.71. The molecule has 0 bridgehead atoms. The number of hydrogen-bond acceptors (Lipinski definition) is 4. The van der Waals surface area contributed by atoms with Gasteiger partial charge in [0.15, 0.2) is 5.58 Å². The molecule has 8 heteroatoms. The van der Waals surface area contributed by atoms with Crippen LogP contribution in [-0.4, -0.2) is 25.2 Å². The minimum Gasteiger partial charge on any atom is -0.469 e. The lowest BCUT2D eigenvalue weighted by atomic mass is 9.79. The van der Waals surface area contributed by atoms with Gasteiger partial charge in [0.25, 0.3) is 0 Å². The minimum atomic E-state index is -5.09. The van der Waals surface area contributed by atoms with Crippen LogP contribution in [0.2, 0.25) is 0 Å². The van der Waals surface area contributed by atoms with Gasteiger partial charge < -0.3 is 22.2 Å². The van der Waals surface area contributed by atoms with Crippen LogP contribution in [0, 0.1) is 0 Å². The highest BCUT2D eigenvalue weighted by atomic mass is 19.4. The molecule has 0 fully saturated rings. The molecule has 4 nitrogen and oxygen atoms in total. The second kappa shape index (κ2) is 4.36. The highest BCUT2D eigenvalue weighted by Gasteiger charge is 2.26. The molecular formula is C10H8BF3NO3-. The fourth-order valence-electron chi connectivity index (χ4n) is 1.55. The summed E-state index contributed by atoms with van der Waals surface area (Å²) in [5, 5.41) is 3.75. The van der Waals surface area contributed by atoms with E-state index >= 15 is 0 Å². The van der Waals surface area contributed by atoms with Crippen molar-refractivity contribution in [1.82, 2.24) is 5.16 Å². The van der Waals surface area contributed by atoms with Gasteiger partial charge in [-0.2, -0.15) is 0 Å². The summed E-state index contributed by atoms with van der Waals surface area (Å²) < 4.78 is 47.1. The van der Waals surface area contributed by atoms with Gasteiger partial charge in [0.2, 0.25) is 0 Å². The summed E-state index contributed by atoms with van der Waals surface area (Å²) in [6.07, 6.45) is -0.224. The van der Waals surface area contributed by atoms with E-state index in [9.17, 15) is 17.7 Å². The van der Waals surface area contributed by atoms with E-state index in [1.54, 1.807) is 0 Å². The van der Waals surface area contributed by atoms with E-state index in [1.165, 1.54) is 13.2 Å².